The lowest BCUT2D eigenvalue weighted by Crippen LogP contribution is -2.19. The molecule has 0 amide bonds. The SMILES string of the molecule is OC(CBr)C(O)c1ccc2c(c1)OCCCO2. The largest absolute Gasteiger partial charge is 0.490 e. The van der Waals surface area contributed by atoms with Crippen LogP contribution in [0.5, 0.6) is 11.5 Å². The van der Waals surface area contributed by atoms with Crippen molar-refractivity contribution < 1.29 is 19.7 Å². The molecule has 1 aromatic rings. The van der Waals surface area contributed by atoms with Gasteiger partial charge in [-0.1, -0.05) is 22.0 Å². The zero-order valence-electron chi connectivity index (χ0n) is 9.30. The van der Waals surface area contributed by atoms with Crippen LogP contribution in [0, 0.1) is 0 Å². The molecule has 0 saturated carbocycles. The second-order valence-electron chi connectivity index (χ2n) is 3.92. The molecular formula is C12H15BrO4. The molecule has 1 heterocycles. The van der Waals surface area contributed by atoms with Gasteiger partial charge in [0.15, 0.2) is 11.5 Å². The van der Waals surface area contributed by atoms with Crippen LogP contribution in [0.1, 0.15) is 18.1 Å². The van der Waals surface area contributed by atoms with E-state index in [4.69, 9.17) is 9.47 Å². The first kappa shape index (κ1) is 12.7. The monoisotopic (exact) mass is 302 g/mol. The Balaban J connectivity index is 2.23. The minimum Gasteiger partial charge on any atom is -0.490 e. The summed E-state index contributed by atoms with van der Waals surface area (Å²) in [6, 6.07) is 5.22. The molecule has 0 saturated heterocycles. The molecule has 0 aliphatic carbocycles. The number of ether oxygens (including phenoxy) is 2. The molecule has 2 atom stereocenters. The van der Waals surface area contributed by atoms with Gasteiger partial charge in [-0.15, -0.1) is 0 Å². The molecule has 2 unspecified atom stereocenters. The van der Waals surface area contributed by atoms with Gasteiger partial charge in [-0.25, -0.2) is 0 Å². The lowest BCUT2D eigenvalue weighted by molar-refractivity contribution is 0.0341. The highest BCUT2D eigenvalue weighted by Crippen LogP contribution is 2.33. The lowest BCUT2D eigenvalue weighted by atomic mass is 10.0. The molecule has 2 rings (SSSR count). The van der Waals surface area contributed by atoms with Crippen molar-refractivity contribution in [1.82, 2.24) is 0 Å². The minimum atomic E-state index is -0.925. The Morgan fingerprint density at radius 3 is 2.59 bits per heavy atom. The quantitative estimate of drug-likeness (QED) is 0.834. The van der Waals surface area contributed by atoms with E-state index in [1.165, 1.54) is 0 Å². The Morgan fingerprint density at radius 2 is 1.88 bits per heavy atom. The van der Waals surface area contributed by atoms with Gasteiger partial charge in [-0.05, 0) is 17.7 Å². The summed E-state index contributed by atoms with van der Waals surface area (Å²) in [7, 11) is 0. The van der Waals surface area contributed by atoms with Gasteiger partial charge in [0.2, 0.25) is 0 Å². The van der Waals surface area contributed by atoms with Gasteiger partial charge < -0.3 is 19.7 Å². The molecule has 2 N–H and O–H groups in total. The van der Waals surface area contributed by atoms with Gasteiger partial charge in [0.1, 0.15) is 6.10 Å². The van der Waals surface area contributed by atoms with Gasteiger partial charge in [0, 0.05) is 11.8 Å². The van der Waals surface area contributed by atoms with Gasteiger partial charge in [-0.2, -0.15) is 0 Å². The van der Waals surface area contributed by atoms with Crippen LogP contribution in [-0.2, 0) is 0 Å². The molecule has 1 aliphatic heterocycles. The molecule has 0 bridgehead atoms. The molecule has 0 fully saturated rings. The minimum absolute atomic E-state index is 0.322. The topological polar surface area (TPSA) is 58.9 Å². The fourth-order valence-corrected chi connectivity index (χ4v) is 2.02. The molecule has 1 aromatic carbocycles. The van der Waals surface area contributed by atoms with E-state index < -0.39 is 12.2 Å². The second-order valence-corrected chi connectivity index (χ2v) is 4.57. The number of hydrogen-bond acceptors (Lipinski definition) is 4. The zero-order valence-corrected chi connectivity index (χ0v) is 10.9. The Morgan fingerprint density at radius 1 is 1.18 bits per heavy atom. The maximum atomic E-state index is 9.88. The summed E-state index contributed by atoms with van der Waals surface area (Å²) in [6.07, 6.45) is -0.914. The van der Waals surface area contributed by atoms with E-state index in [1.54, 1.807) is 18.2 Å². The Bertz CT molecular complexity index is 383. The summed E-state index contributed by atoms with van der Waals surface area (Å²) in [5.41, 5.74) is 0.626. The third kappa shape index (κ3) is 2.91. The number of fused-ring (bicyclic) bond motifs is 1. The van der Waals surface area contributed by atoms with Crippen molar-refractivity contribution in [3.8, 4) is 11.5 Å². The van der Waals surface area contributed by atoms with Crippen molar-refractivity contribution in [3.05, 3.63) is 23.8 Å². The van der Waals surface area contributed by atoms with Crippen LogP contribution in [0.2, 0.25) is 0 Å². The molecular weight excluding hydrogens is 288 g/mol. The van der Waals surface area contributed by atoms with E-state index in [0.29, 0.717) is 35.6 Å². The molecule has 0 radical (unpaired) electrons. The molecule has 94 valence electrons. The average Bonchev–Trinajstić information content (AvgIpc) is 2.61. The lowest BCUT2D eigenvalue weighted by Gasteiger charge is -2.17. The number of alkyl halides is 1. The van der Waals surface area contributed by atoms with Crippen LogP contribution < -0.4 is 9.47 Å². The Hall–Kier alpha value is -0.780. The number of aliphatic hydroxyl groups excluding tert-OH is 2. The summed E-state index contributed by atoms with van der Waals surface area (Å²) < 4.78 is 11.0. The van der Waals surface area contributed by atoms with Crippen molar-refractivity contribution in [1.29, 1.82) is 0 Å². The molecule has 17 heavy (non-hydrogen) atoms. The van der Waals surface area contributed by atoms with Gasteiger partial charge >= 0.3 is 0 Å². The summed E-state index contributed by atoms with van der Waals surface area (Å²) in [5.74, 6) is 1.31. The van der Waals surface area contributed by atoms with Crippen molar-refractivity contribution in [2.24, 2.45) is 0 Å². The van der Waals surface area contributed by atoms with Crippen molar-refractivity contribution in [3.63, 3.8) is 0 Å². The molecule has 5 heteroatoms. The third-order valence-electron chi connectivity index (χ3n) is 2.64. The first-order valence-corrected chi connectivity index (χ1v) is 6.66. The van der Waals surface area contributed by atoms with Crippen LogP contribution in [-0.4, -0.2) is 34.9 Å². The fourth-order valence-electron chi connectivity index (χ4n) is 1.67. The maximum absolute atomic E-state index is 9.88. The number of hydrogen-bond donors (Lipinski definition) is 2. The normalized spacial score (nSPS) is 18.3. The van der Waals surface area contributed by atoms with E-state index in [0.717, 1.165) is 6.42 Å². The molecule has 1 aliphatic rings. The van der Waals surface area contributed by atoms with Gasteiger partial charge in [0.25, 0.3) is 0 Å². The van der Waals surface area contributed by atoms with Crippen molar-refractivity contribution >= 4 is 15.9 Å². The van der Waals surface area contributed by atoms with Crippen molar-refractivity contribution in [2.75, 3.05) is 18.5 Å². The second kappa shape index (κ2) is 5.71. The highest BCUT2D eigenvalue weighted by atomic mass is 79.9. The molecule has 4 nitrogen and oxygen atoms in total. The fraction of sp³-hybridized carbons (Fsp3) is 0.500. The number of halogens is 1. The van der Waals surface area contributed by atoms with Crippen molar-refractivity contribution in [2.45, 2.75) is 18.6 Å². The predicted octanol–water partition coefficient (Wildman–Crippen LogP) is 1.64. The smallest absolute Gasteiger partial charge is 0.161 e. The number of aliphatic hydroxyl groups is 2. The summed E-state index contributed by atoms with van der Waals surface area (Å²) in [6.45, 7) is 1.24. The van der Waals surface area contributed by atoms with E-state index in [1.807, 2.05) is 0 Å². The standard InChI is InChI=1S/C12H15BrO4/c13-7-9(14)12(15)8-2-3-10-11(6-8)17-5-1-4-16-10/h2-3,6,9,12,14-15H,1,4-5,7H2. The Labute approximate surface area is 108 Å². The third-order valence-corrected chi connectivity index (χ3v) is 3.30. The molecule has 0 spiro atoms. The van der Waals surface area contributed by atoms with E-state index in [2.05, 4.69) is 15.9 Å². The van der Waals surface area contributed by atoms with Crippen LogP contribution >= 0.6 is 15.9 Å². The predicted molar refractivity (Wildman–Crippen MR) is 66.8 cm³/mol. The van der Waals surface area contributed by atoms with E-state index in [-0.39, 0.29) is 0 Å². The summed E-state index contributed by atoms with van der Waals surface area (Å²) >= 11 is 3.13. The average molecular weight is 303 g/mol. The van der Waals surface area contributed by atoms with Gasteiger partial charge in [-0.3, -0.25) is 0 Å². The first-order chi connectivity index (χ1) is 8.22. The van der Waals surface area contributed by atoms with Gasteiger partial charge in [0.05, 0.1) is 19.3 Å². The highest BCUT2D eigenvalue weighted by Gasteiger charge is 2.19. The maximum Gasteiger partial charge on any atom is 0.161 e. The Kier molecular flexibility index (Phi) is 4.25. The van der Waals surface area contributed by atoms with Crippen LogP contribution in [0.3, 0.4) is 0 Å². The molecule has 0 aromatic heterocycles. The van der Waals surface area contributed by atoms with Crippen LogP contribution in [0.15, 0.2) is 18.2 Å². The van der Waals surface area contributed by atoms with E-state index >= 15 is 0 Å². The van der Waals surface area contributed by atoms with Crippen LogP contribution in [0.4, 0.5) is 0 Å². The summed E-state index contributed by atoms with van der Waals surface area (Å²) in [5, 5.41) is 19.8. The summed E-state index contributed by atoms with van der Waals surface area (Å²) in [4.78, 5) is 0. The number of rotatable bonds is 3. The number of benzene rings is 1. The zero-order chi connectivity index (χ0) is 12.3. The highest BCUT2D eigenvalue weighted by molar-refractivity contribution is 9.09. The van der Waals surface area contributed by atoms with Crippen LogP contribution in [0.25, 0.3) is 0 Å². The first-order valence-electron chi connectivity index (χ1n) is 5.54. The van der Waals surface area contributed by atoms with E-state index in [9.17, 15) is 10.2 Å².